The predicted molar refractivity (Wildman–Crippen MR) is 119 cm³/mol. The van der Waals surface area contributed by atoms with Gasteiger partial charge in [0, 0.05) is 11.8 Å². The van der Waals surface area contributed by atoms with E-state index in [-0.39, 0.29) is 12.4 Å². The summed E-state index contributed by atoms with van der Waals surface area (Å²) in [6.45, 7) is 6.61. The second-order valence-electron chi connectivity index (χ2n) is 6.69. The Hall–Kier alpha value is -2.66. The smallest absolute Gasteiger partial charge is 0.175 e. The Labute approximate surface area is 179 Å². The van der Waals surface area contributed by atoms with E-state index >= 15 is 0 Å². The van der Waals surface area contributed by atoms with Gasteiger partial charge in [-0.15, -0.1) is 0 Å². The monoisotopic (exact) mass is 455 g/mol. The zero-order valence-electron chi connectivity index (χ0n) is 16.7. The van der Waals surface area contributed by atoms with Crippen molar-refractivity contribution in [3.63, 3.8) is 0 Å². The highest BCUT2D eigenvalue weighted by Gasteiger charge is 2.13. The molecule has 150 valence electrons. The summed E-state index contributed by atoms with van der Waals surface area (Å²) in [6.07, 6.45) is 1.80. The average molecular weight is 456 g/mol. The molecular weight excluding hydrogens is 433 g/mol. The van der Waals surface area contributed by atoms with Crippen LogP contribution in [-0.4, -0.2) is 12.8 Å². The van der Waals surface area contributed by atoms with Crippen LogP contribution in [0.4, 0.5) is 10.1 Å². The molecule has 0 saturated carbocycles. The molecule has 0 unspecified atom stereocenters. The number of aryl methyl sites for hydroxylation is 2. The van der Waals surface area contributed by atoms with Gasteiger partial charge in [0.15, 0.2) is 11.5 Å². The van der Waals surface area contributed by atoms with Gasteiger partial charge in [-0.3, -0.25) is 4.99 Å². The van der Waals surface area contributed by atoms with Crippen LogP contribution in [0.1, 0.15) is 29.2 Å². The molecule has 0 amide bonds. The van der Waals surface area contributed by atoms with Gasteiger partial charge >= 0.3 is 0 Å². The molecule has 0 bridgehead atoms. The van der Waals surface area contributed by atoms with Gasteiger partial charge in [0.25, 0.3) is 0 Å². The van der Waals surface area contributed by atoms with Crippen molar-refractivity contribution in [2.45, 2.75) is 27.4 Å². The largest absolute Gasteiger partial charge is 0.490 e. The Kier molecular flexibility index (Phi) is 7.04. The highest BCUT2D eigenvalue weighted by atomic mass is 79.9. The third-order valence-corrected chi connectivity index (χ3v) is 4.96. The zero-order valence-corrected chi connectivity index (χ0v) is 18.3. The number of aliphatic imine (C=N–C) groups is 1. The summed E-state index contributed by atoms with van der Waals surface area (Å²) in [5, 5.41) is 0. The Morgan fingerprint density at radius 1 is 1.03 bits per heavy atom. The van der Waals surface area contributed by atoms with E-state index in [2.05, 4.69) is 33.9 Å². The predicted octanol–water partition coefficient (Wildman–Crippen LogP) is 6.93. The van der Waals surface area contributed by atoms with Crippen LogP contribution in [0.5, 0.6) is 11.5 Å². The van der Waals surface area contributed by atoms with Crippen molar-refractivity contribution in [2.75, 3.05) is 6.61 Å². The minimum absolute atomic E-state index is 0.112. The molecule has 3 rings (SSSR count). The van der Waals surface area contributed by atoms with E-state index < -0.39 is 0 Å². The van der Waals surface area contributed by atoms with Gasteiger partial charge in [0.1, 0.15) is 12.4 Å². The van der Waals surface area contributed by atoms with Crippen LogP contribution in [0.25, 0.3) is 0 Å². The molecule has 3 nitrogen and oxygen atoms in total. The van der Waals surface area contributed by atoms with Gasteiger partial charge in [-0.05, 0) is 72.1 Å². The van der Waals surface area contributed by atoms with Gasteiger partial charge in [-0.25, -0.2) is 4.39 Å². The Morgan fingerprint density at radius 3 is 2.55 bits per heavy atom. The summed E-state index contributed by atoms with van der Waals surface area (Å²) >= 11 is 3.55. The maximum Gasteiger partial charge on any atom is 0.175 e. The summed E-state index contributed by atoms with van der Waals surface area (Å²) in [7, 11) is 0. The first kappa shape index (κ1) is 21.1. The van der Waals surface area contributed by atoms with Crippen LogP contribution in [-0.2, 0) is 6.61 Å². The van der Waals surface area contributed by atoms with Crippen LogP contribution >= 0.6 is 15.9 Å². The number of hydrogen-bond donors (Lipinski definition) is 0. The molecule has 3 aromatic carbocycles. The second-order valence-corrected chi connectivity index (χ2v) is 7.55. The lowest BCUT2D eigenvalue weighted by molar-refractivity contribution is 0.264. The van der Waals surface area contributed by atoms with Crippen molar-refractivity contribution in [1.82, 2.24) is 0 Å². The van der Waals surface area contributed by atoms with E-state index in [9.17, 15) is 4.39 Å². The molecule has 0 aliphatic rings. The maximum atomic E-state index is 13.9. The van der Waals surface area contributed by atoms with E-state index in [0.29, 0.717) is 23.7 Å². The summed E-state index contributed by atoms with van der Waals surface area (Å²) < 4.78 is 26.2. The average Bonchev–Trinajstić information content (AvgIpc) is 2.68. The van der Waals surface area contributed by atoms with Crippen molar-refractivity contribution >= 4 is 27.8 Å². The lowest BCUT2D eigenvalue weighted by Gasteiger charge is -2.15. The lowest BCUT2D eigenvalue weighted by Crippen LogP contribution is -2.02. The summed E-state index contributed by atoms with van der Waals surface area (Å²) in [4.78, 5) is 4.60. The molecule has 0 aromatic heterocycles. The van der Waals surface area contributed by atoms with Gasteiger partial charge in [-0.2, -0.15) is 0 Å². The topological polar surface area (TPSA) is 30.8 Å². The fourth-order valence-electron chi connectivity index (χ4n) is 2.93. The second kappa shape index (κ2) is 9.70. The Morgan fingerprint density at radius 2 is 1.83 bits per heavy atom. The van der Waals surface area contributed by atoms with Crippen molar-refractivity contribution in [3.05, 3.63) is 87.1 Å². The first-order chi connectivity index (χ1) is 14.0. The minimum Gasteiger partial charge on any atom is -0.490 e. The van der Waals surface area contributed by atoms with Crippen LogP contribution in [0.15, 0.2) is 64.1 Å². The number of hydrogen-bond acceptors (Lipinski definition) is 3. The molecule has 0 saturated heterocycles. The molecule has 0 atom stereocenters. The van der Waals surface area contributed by atoms with Crippen LogP contribution in [0.3, 0.4) is 0 Å². The number of halogens is 2. The maximum absolute atomic E-state index is 13.9. The number of nitrogens with zero attached hydrogens (tertiary/aromatic N) is 1. The van der Waals surface area contributed by atoms with Crippen molar-refractivity contribution in [2.24, 2.45) is 4.99 Å². The lowest BCUT2D eigenvalue weighted by atomic mass is 10.1. The van der Waals surface area contributed by atoms with E-state index in [1.54, 1.807) is 24.4 Å². The summed E-state index contributed by atoms with van der Waals surface area (Å²) in [6, 6.07) is 16.5. The zero-order chi connectivity index (χ0) is 20.8. The normalized spacial score (nSPS) is 11.1. The van der Waals surface area contributed by atoms with Gasteiger partial charge < -0.3 is 9.47 Å². The Balaban J connectivity index is 1.85. The number of benzene rings is 3. The minimum atomic E-state index is -0.293. The quantitative estimate of drug-likeness (QED) is 0.361. The molecule has 0 radical (unpaired) electrons. The molecule has 0 spiro atoms. The summed E-state index contributed by atoms with van der Waals surface area (Å²) in [5.41, 5.74) is 4.61. The van der Waals surface area contributed by atoms with Crippen molar-refractivity contribution in [3.8, 4) is 11.5 Å². The van der Waals surface area contributed by atoms with E-state index in [4.69, 9.17) is 9.47 Å². The SMILES string of the molecule is CCOc1cc(C=Nc2ccc(C)cc2C)cc(Br)c1OCc1ccccc1F. The molecule has 29 heavy (non-hydrogen) atoms. The van der Waals surface area contributed by atoms with Crippen LogP contribution in [0, 0.1) is 19.7 Å². The molecule has 0 N–H and O–H groups in total. The van der Waals surface area contributed by atoms with Crippen LogP contribution < -0.4 is 9.47 Å². The molecule has 5 heteroatoms. The van der Waals surface area contributed by atoms with Crippen LogP contribution in [0.2, 0.25) is 0 Å². The third kappa shape index (κ3) is 5.45. The van der Waals surface area contributed by atoms with Crippen molar-refractivity contribution < 1.29 is 13.9 Å². The fraction of sp³-hybridized carbons (Fsp3) is 0.208. The van der Waals surface area contributed by atoms with E-state index in [0.717, 1.165) is 21.3 Å². The number of rotatable bonds is 7. The standard InChI is InChI=1S/C24H23BrFNO2/c1-4-28-23-13-18(14-27-22-10-9-16(2)11-17(22)3)12-20(25)24(23)29-15-19-7-5-6-8-21(19)26/h5-14H,4,15H2,1-3H3. The summed E-state index contributed by atoms with van der Waals surface area (Å²) in [5.74, 6) is 0.831. The molecular formula is C24H23BrFNO2. The first-order valence-corrected chi connectivity index (χ1v) is 10.2. The molecule has 0 heterocycles. The van der Waals surface area contributed by atoms with E-state index in [1.165, 1.54) is 11.6 Å². The van der Waals surface area contributed by atoms with E-state index in [1.807, 2.05) is 38.1 Å². The first-order valence-electron chi connectivity index (χ1n) is 9.41. The molecule has 0 fully saturated rings. The fourth-order valence-corrected chi connectivity index (χ4v) is 3.50. The molecule has 0 aliphatic carbocycles. The highest BCUT2D eigenvalue weighted by molar-refractivity contribution is 9.10. The van der Waals surface area contributed by atoms with Gasteiger partial charge in [0.2, 0.25) is 0 Å². The van der Waals surface area contributed by atoms with Crippen molar-refractivity contribution in [1.29, 1.82) is 0 Å². The third-order valence-electron chi connectivity index (χ3n) is 4.37. The Bertz CT molecular complexity index is 1030. The van der Waals surface area contributed by atoms with Gasteiger partial charge in [-0.1, -0.05) is 35.9 Å². The van der Waals surface area contributed by atoms with Gasteiger partial charge in [0.05, 0.1) is 16.8 Å². The number of ether oxygens (including phenoxy) is 2. The molecule has 3 aromatic rings. The highest BCUT2D eigenvalue weighted by Crippen LogP contribution is 2.37. The molecule has 0 aliphatic heterocycles.